The predicted octanol–water partition coefficient (Wildman–Crippen LogP) is 3.67. The van der Waals surface area contributed by atoms with E-state index in [0.29, 0.717) is 12.5 Å². The standard InChI is InChI=1S/C18H26FNO2/c1-18(2,3)14-4-5-15(16(19)12-14)17(21)20-9-6-13-7-10-22-11-8-13/h4-5,12-13H,6-11H2,1-3H3,(H,20,21). The molecule has 0 unspecified atom stereocenters. The molecule has 0 radical (unpaired) electrons. The zero-order valence-electron chi connectivity index (χ0n) is 13.7. The Hall–Kier alpha value is -1.42. The molecule has 1 aliphatic heterocycles. The van der Waals surface area contributed by atoms with E-state index >= 15 is 0 Å². The molecule has 0 aliphatic carbocycles. The third-order valence-electron chi connectivity index (χ3n) is 4.26. The van der Waals surface area contributed by atoms with Gasteiger partial charge in [0.2, 0.25) is 0 Å². The van der Waals surface area contributed by atoms with Gasteiger partial charge in [-0.3, -0.25) is 4.79 Å². The molecule has 2 rings (SSSR count). The molecule has 122 valence electrons. The quantitative estimate of drug-likeness (QED) is 0.921. The molecule has 1 saturated heterocycles. The maximum atomic E-state index is 14.1. The van der Waals surface area contributed by atoms with E-state index in [1.165, 1.54) is 6.07 Å². The third kappa shape index (κ3) is 4.54. The van der Waals surface area contributed by atoms with E-state index in [9.17, 15) is 9.18 Å². The lowest BCUT2D eigenvalue weighted by Crippen LogP contribution is -2.28. The van der Waals surface area contributed by atoms with E-state index in [2.05, 4.69) is 5.32 Å². The summed E-state index contributed by atoms with van der Waals surface area (Å²) in [7, 11) is 0. The number of hydrogen-bond acceptors (Lipinski definition) is 2. The van der Waals surface area contributed by atoms with Crippen molar-refractivity contribution in [1.29, 1.82) is 0 Å². The summed E-state index contributed by atoms with van der Waals surface area (Å²) in [5, 5.41) is 2.83. The fourth-order valence-corrected chi connectivity index (χ4v) is 2.69. The molecule has 1 amide bonds. The molecule has 4 heteroatoms. The van der Waals surface area contributed by atoms with E-state index in [0.717, 1.165) is 38.0 Å². The lowest BCUT2D eigenvalue weighted by molar-refractivity contribution is 0.0636. The highest BCUT2D eigenvalue weighted by Gasteiger charge is 2.19. The van der Waals surface area contributed by atoms with Gasteiger partial charge in [0.1, 0.15) is 5.82 Å². The van der Waals surface area contributed by atoms with E-state index in [-0.39, 0.29) is 16.9 Å². The Morgan fingerprint density at radius 2 is 2.00 bits per heavy atom. The molecule has 1 heterocycles. The molecular weight excluding hydrogens is 281 g/mol. The van der Waals surface area contributed by atoms with Gasteiger partial charge in [-0.2, -0.15) is 0 Å². The molecule has 3 nitrogen and oxygen atoms in total. The first-order chi connectivity index (χ1) is 10.4. The third-order valence-corrected chi connectivity index (χ3v) is 4.26. The summed E-state index contributed by atoms with van der Waals surface area (Å²) < 4.78 is 19.4. The Morgan fingerprint density at radius 1 is 1.32 bits per heavy atom. The first-order valence-corrected chi connectivity index (χ1v) is 8.04. The summed E-state index contributed by atoms with van der Waals surface area (Å²) >= 11 is 0. The molecular formula is C18H26FNO2. The monoisotopic (exact) mass is 307 g/mol. The topological polar surface area (TPSA) is 38.3 Å². The van der Waals surface area contributed by atoms with Crippen LogP contribution in [0.4, 0.5) is 4.39 Å². The van der Waals surface area contributed by atoms with Crippen LogP contribution in [-0.4, -0.2) is 25.7 Å². The van der Waals surface area contributed by atoms with E-state index in [1.54, 1.807) is 6.07 Å². The van der Waals surface area contributed by atoms with Crippen LogP contribution in [0.25, 0.3) is 0 Å². The number of rotatable bonds is 4. The minimum atomic E-state index is -0.448. The fourth-order valence-electron chi connectivity index (χ4n) is 2.69. The van der Waals surface area contributed by atoms with Crippen molar-refractivity contribution in [2.75, 3.05) is 19.8 Å². The molecule has 1 aromatic rings. The average molecular weight is 307 g/mol. The zero-order chi connectivity index (χ0) is 16.2. The summed E-state index contributed by atoms with van der Waals surface area (Å²) in [6.07, 6.45) is 3.02. The van der Waals surface area contributed by atoms with Crippen LogP contribution in [0.3, 0.4) is 0 Å². The molecule has 1 fully saturated rings. The summed E-state index contributed by atoms with van der Waals surface area (Å²) in [5.41, 5.74) is 0.891. The Bertz CT molecular complexity index is 516. The second kappa shape index (κ2) is 7.23. The predicted molar refractivity (Wildman–Crippen MR) is 85.6 cm³/mol. The van der Waals surface area contributed by atoms with Crippen LogP contribution in [0.2, 0.25) is 0 Å². The van der Waals surface area contributed by atoms with Gasteiger partial charge in [-0.15, -0.1) is 0 Å². The van der Waals surface area contributed by atoms with E-state index in [1.807, 2.05) is 26.8 Å². The second-order valence-electron chi connectivity index (χ2n) is 7.04. The Balaban J connectivity index is 1.89. The number of carbonyl (C=O) groups excluding carboxylic acids is 1. The van der Waals surface area contributed by atoms with Crippen molar-refractivity contribution in [3.8, 4) is 0 Å². The second-order valence-corrected chi connectivity index (χ2v) is 7.04. The average Bonchev–Trinajstić information content (AvgIpc) is 2.47. The van der Waals surface area contributed by atoms with Crippen molar-refractivity contribution >= 4 is 5.91 Å². The Labute approximate surface area is 132 Å². The number of amides is 1. The number of ether oxygens (including phenoxy) is 1. The Morgan fingerprint density at radius 3 is 2.59 bits per heavy atom. The van der Waals surface area contributed by atoms with Crippen molar-refractivity contribution in [3.05, 3.63) is 35.1 Å². The van der Waals surface area contributed by atoms with Crippen LogP contribution in [0.1, 0.15) is 56.0 Å². The molecule has 0 aromatic heterocycles. The van der Waals surface area contributed by atoms with Gasteiger partial charge in [0.05, 0.1) is 5.56 Å². The summed E-state index contributed by atoms with van der Waals surface area (Å²) in [4.78, 5) is 12.1. The number of benzene rings is 1. The molecule has 0 spiro atoms. The highest BCUT2D eigenvalue weighted by Crippen LogP contribution is 2.24. The number of hydrogen-bond donors (Lipinski definition) is 1. The zero-order valence-corrected chi connectivity index (χ0v) is 13.7. The normalized spacial score (nSPS) is 16.5. The summed E-state index contributed by atoms with van der Waals surface area (Å²) in [6.45, 7) is 8.27. The van der Waals surface area contributed by atoms with E-state index in [4.69, 9.17) is 4.74 Å². The lowest BCUT2D eigenvalue weighted by atomic mass is 9.86. The SMILES string of the molecule is CC(C)(C)c1ccc(C(=O)NCCC2CCOCC2)c(F)c1. The summed E-state index contributed by atoms with van der Waals surface area (Å²) in [5.74, 6) is -0.178. The van der Waals surface area contributed by atoms with Gasteiger partial charge in [0, 0.05) is 19.8 Å². The molecule has 1 aliphatic rings. The molecule has 1 N–H and O–H groups in total. The highest BCUT2D eigenvalue weighted by molar-refractivity contribution is 5.94. The largest absolute Gasteiger partial charge is 0.381 e. The number of halogens is 1. The smallest absolute Gasteiger partial charge is 0.254 e. The van der Waals surface area contributed by atoms with Crippen molar-refractivity contribution in [2.24, 2.45) is 5.92 Å². The fraction of sp³-hybridized carbons (Fsp3) is 0.611. The van der Waals surface area contributed by atoms with Crippen LogP contribution in [-0.2, 0) is 10.2 Å². The molecule has 22 heavy (non-hydrogen) atoms. The maximum Gasteiger partial charge on any atom is 0.254 e. The molecule has 1 aromatic carbocycles. The lowest BCUT2D eigenvalue weighted by Gasteiger charge is -2.22. The number of nitrogens with one attached hydrogen (secondary N) is 1. The first-order valence-electron chi connectivity index (χ1n) is 8.04. The van der Waals surface area contributed by atoms with Crippen LogP contribution in [0.5, 0.6) is 0 Å². The van der Waals surface area contributed by atoms with Crippen LogP contribution in [0, 0.1) is 11.7 Å². The van der Waals surface area contributed by atoms with Gasteiger partial charge in [0.15, 0.2) is 0 Å². The molecule has 0 saturated carbocycles. The van der Waals surface area contributed by atoms with Gasteiger partial charge in [-0.1, -0.05) is 26.8 Å². The van der Waals surface area contributed by atoms with Crippen LogP contribution >= 0.6 is 0 Å². The van der Waals surface area contributed by atoms with Crippen molar-refractivity contribution in [1.82, 2.24) is 5.32 Å². The summed E-state index contributed by atoms with van der Waals surface area (Å²) in [6, 6.07) is 4.88. The van der Waals surface area contributed by atoms with Crippen molar-refractivity contribution < 1.29 is 13.9 Å². The van der Waals surface area contributed by atoms with E-state index < -0.39 is 5.82 Å². The van der Waals surface area contributed by atoms with Crippen molar-refractivity contribution in [3.63, 3.8) is 0 Å². The van der Waals surface area contributed by atoms with Crippen LogP contribution < -0.4 is 5.32 Å². The minimum absolute atomic E-state index is 0.125. The van der Waals surface area contributed by atoms with Gasteiger partial charge < -0.3 is 10.1 Å². The highest BCUT2D eigenvalue weighted by atomic mass is 19.1. The van der Waals surface area contributed by atoms with Crippen molar-refractivity contribution in [2.45, 2.75) is 45.4 Å². The van der Waals surface area contributed by atoms with Crippen LogP contribution in [0.15, 0.2) is 18.2 Å². The maximum absolute atomic E-state index is 14.1. The Kier molecular flexibility index (Phi) is 5.57. The number of carbonyl (C=O) groups is 1. The van der Waals surface area contributed by atoms with Gasteiger partial charge in [-0.25, -0.2) is 4.39 Å². The van der Waals surface area contributed by atoms with Gasteiger partial charge >= 0.3 is 0 Å². The molecule has 0 bridgehead atoms. The molecule has 0 atom stereocenters. The van der Waals surface area contributed by atoms with Gasteiger partial charge in [-0.05, 0) is 48.3 Å². The first kappa shape index (κ1) is 16.9. The minimum Gasteiger partial charge on any atom is -0.381 e. The van der Waals surface area contributed by atoms with Gasteiger partial charge in [0.25, 0.3) is 5.91 Å².